The van der Waals surface area contributed by atoms with Crippen molar-refractivity contribution < 1.29 is 22.7 Å². The van der Waals surface area contributed by atoms with E-state index >= 15 is 0 Å². The molecule has 0 unspecified atom stereocenters. The van der Waals surface area contributed by atoms with Crippen LogP contribution in [0.3, 0.4) is 0 Å². The van der Waals surface area contributed by atoms with Crippen molar-refractivity contribution in [1.29, 1.82) is 0 Å². The van der Waals surface area contributed by atoms with Gasteiger partial charge in [0, 0.05) is 18.8 Å². The average Bonchev–Trinajstić information content (AvgIpc) is 2.70. The number of hydrogen-bond acceptors (Lipinski definition) is 5. The molecule has 162 valence electrons. The summed E-state index contributed by atoms with van der Waals surface area (Å²) < 4.78 is 31.3. The summed E-state index contributed by atoms with van der Waals surface area (Å²) in [5.41, 5.74) is 3.48. The van der Waals surface area contributed by atoms with Gasteiger partial charge in [0.2, 0.25) is 10.0 Å². The number of hydrogen-bond donors (Lipinski definition) is 1. The van der Waals surface area contributed by atoms with Gasteiger partial charge in [-0.25, -0.2) is 8.42 Å². The molecule has 0 aliphatic rings. The van der Waals surface area contributed by atoms with Crippen LogP contribution in [0.15, 0.2) is 47.4 Å². The minimum absolute atomic E-state index is 0.0896. The predicted molar refractivity (Wildman–Crippen MR) is 116 cm³/mol. The number of rotatable bonds is 9. The van der Waals surface area contributed by atoms with Crippen LogP contribution < -0.4 is 5.32 Å². The number of nitrogens with zero attached hydrogens (tertiary/aromatic N) is 1. The van der Waals surface area contributed by atoms with E-state index in [9.17, 15) is 18.0 Å². The molecule has 0 saturated carbocycles. The zero-order valence-electron chi connectivity index (χ0n) is 17.8. The maximum absolute atomic E-state index is 12.5. The standard InChI is InChI=1S/C22H28N2O5S/c1-5-24(6-2)30(27,28)20-11-9-19(10-12-20)23-21(25)15-29-22(26)14-18-8-7-16(3)17(4)13-18/h7-13H,5-6,14-15H2,1-4H3,(H,23,25). The van der Waals surface area contributed by atoms with Crippen LogP contribution in [0.4, 0.5) is 5.69 Å². The van der Waals surface area contributed by atoms with Crippen LogP contribution in [-0.2, 0) is 30.8 Å². The summed E-state index contributed by atoms with van der Waals surface area (Å²) in [5, 5.41) is 2.59. The summed E-state index contributed by atoms with van der Waals surface area (Å²) in [6.07, 6.45) is 0.0896. The average molecular weight is 433 g/mol. The van der Waals surface area contributed by atoms with Gasteiger partial charge in [0.15, 0.2) is 6.61 Å². The molecule has 0 fully saturated rings. The first kappa shape index (κ1) is 23.6. The molecule has 0 saturated heterocycles. The van der Waals surface area contributed by atoms with Gasteiger partial charge in [-0.2, -0.15) is 4.31 Å². The molecule has 2 aromatic rings. The van der Waals surface area contributed by atoms with E-state index in [0.29, 0.717) is 18.8 Å². The topological polar surface area (TPSA) is 92.8 Å². The number of benzene rings is 2. The van der Waals surface area contributed by atoms with Gasteiger partial charge in [-0.15, -0.1) is 0 Å². The highest BCUT2D eigenvalue weighted by Gasteiger charge is 2.21. The number of sulfonamides is 1. The maximum Gasteiger partial charge on any atom is 0.310 e. The molecule has 0 aliphatic carbocycles. The lowest BCUT2D eigenvalue weighted by Crippen LogP contribution is -2.30. The van der Waals surface area contributed by atoms with E-state index in [1.807, 2.05) is 32.0 Å². The number of ether oxygens (including phenoxy) is 1. The molecule has 0 aromatic heterocycles. The fourth-order valence-electron chi connectivity index (χ4n) is 2.90. The molecule has 0 radical (unpaired) electrons. The molecule has 2 aromatic carbocycles. The monoisotopic (exact) mass is 432 g/mol. The largest absolute Gasteiger partial charge is 0.455 e. The van der Waals surface area contributed by atoms with Crippen molar-refractivity contribution in [1.82, 2.24) is 4.31 Å². The first-order valence-electron chi connectivity index (χ1n) is 9.79. The Morgan fingerprint density at radius 1 is 0.967 bits per heavy atom. The SMILES string of the molecule is CCN(CC)S(=O)(=O)c1ccc(NC(=O)COC(=O)Cc2ccc(C)c(C)c2)cc1. The predicted octanol–water partition coefficient (Wildman–Crippen LogP) is 3.06. The molecule has 1 N–H and O–H groups in total. The number of aryl methyl sites for hydroxylation is 2. The van der Waals surface area contributed by atoms with Crippen LogP contribution in [0.2, 0.25) is 0 Å². The number of carbonyl (C=O) groups excluding carboxylic acids is 2. The Hall–Kier alpha value is -2.71. The molecule has 2 rings (SSSR count). The van der Waals surface area contributed by atoms with Crippen molar-refractivity contribution in [3.8, 4) is 0 Å². The van der Waals surface area contributed by atoms with E-state index in [1.165, 1.54) is 28.6 Å². The fourth-order valence-corrected chi connectivity index (χ4v) is 4.36. The number of nitrogens with one attached hydrogen (secondary N) is 1. The Kier molecular flexibility index (Phi) is 8.14. The van der Waals surface area contributed by atoms with E-state index in [0.717, 1.165) is 16.7 Å². The molecule has 30 heavy (non-hydrogen) atoms. The third-order valence-electron chi connectivity index (χ3n) is 4.77. The lowest BCUT2D eigenvalue weighted by molar-refractivity contribution is -0.146. The van der Waals surface area contributed by atoms with Crippen LogP contribution >= 0.6 is 0 Å². The molecular formula is C22H28N2O5S. The Bertz CT molecular complexity index is 997. The first-order valence-corrected chi connectivity index (χ1v) is 11.2. The molecular weight excluding hydrogens is 404 g/mol. The van der Waals surface area contributed by atoms with Crippen LogP contribution in [0.1, 0.15) is 30.5 Å². The summed E-state index contributed by atoms with van der Waals surface area (Å²) in [7, 11) is -3.55. The van der Waals surface area contributed by atoms with E-state index in [1.54, 1.807) is 13.8 Å². The third-order valence-corrected chi connectivity index (χ3v) is 6.83. The zero-order valence-corrected chi connectivity index (χ0v) is 18.6. The minimum Gasteiger partial charge on any atom is -0.455 e. The molecule has 1 amide bonds. The van der Waals surface area contributed by atoms with Gasteiger partial charge in [0.05, 0.1) is 11.3 Å². The van der Waals surface area contributed by atoms with Crippen LogP contribution in [0.5, 0.6) is 0 Å². The van der Waals surface area contributed by atoms with Crippen molar-refractivity contribution in [2.75, 3.05) is 25.0 Å². The third kappa shape index (κ3) is 6.14. The number of anilines is 1. The minimum atomic E-state index is -3.55. The summed E-state index contributed by atoms with van der Waals surface area (Å²) in [4.78, 5) is 24.2. The summed E-state index contributed by atoms with van der Waals surface area (Å²) in [5.74, 6) is -0.989. The summed E-state index contributed by atoms with van der Waals surface area (Å²) in [6, 6.07) is 11.6. The number of esters is 1. The van der Waals surface area contributed by atoms with E-state index in [2.05, 4.69) is 5.32 Å². The lowest BCUT2D eigenvalue weighted by atomic mass is 10.0. The van der Waals surface area contributed by atoms with Gasteiger partial charge in [-0.05, 0) is 54.8 Å². The Labute approximate surface area is 178 Å². The lowest BCUT2D eigenvalue weighted by Gasteiger charge is -2.18. The quantitative estimate of drug-likeness (QED) is 0.615. The Morgan fingerprint density at radius 2 is 1.60 bits per heavy atom. The summed E-state index contributed by atoms with van der Waals surface area (Å²) >= 11 is 0. The molecule has 7 nitrogen and oxygen atoms in total. The summed E-state index contributed by atoms with van der Waals surface area (Å²) in [6.45, 7) is 7.86. The van der Waals surface area contributed by atoms with Gasteiger partial charge in [0.1, 0.15) is 0 Å². The van der Waals surface area contributed by atoms with Crippen molar-refractivity contribution in [3.63, 3.8) is 0 Å². The molecule has 0 atom stereocenters. The number of carbonyl (C=O) groups is 2. The second kappa shape index (κ2) is 10.4. The highest BCUT2D eigenvalue weighted by Crippen LogP contribution is 2.18. The van der Waals surface area contributed by atoms with Gasteiger partial charge in [-0.1, -0.05) is 32.0 Å². The van der Waals surface area contributed by atoms with Crippen LogP contribution in [0.25, 0.3) is 0 Å². The molecule has 0 aliphatic heterocycles. The van der Waals surface area contributed by atoms with Gasteiger partial charge in [-0.3, -0.25) is 9.59 Å². The van der Waals surface area contributed by atoms with Crippen LogP contribution in [0, 0.1) is 13.8 Å². The highest BCUT2D eigenvalue weighted by atomic mass is 32.2. The normalized spacial score (nSPS) is 11.4. The maximum atomic E-state index is 12.5. The zero-order chi connectivity index (χ0) is 22.3. The first-order chi connectivity index (χ1) is 14.2. The highest BCUT2D eigenvalue weighted by molar-refractivity contribution is 7.89. The smallest absolute Gasteiger partial charge is 0.310 e. The molecule has 0 bridgehead atoms. The Balaban J connectivity index is 1.89. The van der Waals surface area contributed by atoms with Gasteiger partial charge < -0.3 is 10.1 Å². The van der Waals surface area contributed by atoms with Crippen molar-refractivity contribution in [2.45, 2.75) is 39.0 Å². The molecule has 0 heterocycles. The second-order valence-electron chi connectivity index (χ2n) is 6.92. The van der Waals surface area contributed by atoms with Crippen molar-refractivity contribution in [2.24, 2.45) is 0 Å². The van der Waals surface area contributed by atoms with E-state index < -0.39 is 28.5 Å². The van der Waals surface area contributed by atoms with E-state index in [4.69, 9.17) is 4.74 Å². The van der Waals surface area contributed by atoms with Gasteiger partial charge >= 0.3 is 5.97 Å². The van der Waals surface area contributed by atoms with Gasteiger partial charge in [0.25, 0.3) is 5.91 Å². The molecule has 0 spiro atoms. The van der Waals surface area contributed by atoms with Crippen molar-refractivity contribution in [3.05, 3.63) is 59.2 Å². The molecule has 8 heteroatoms. The number of amides is 1. The fraction of sp³-hybridized carbons (Fsp3) is 0.364. The Morgan fingerprint density at radius 3 is 2.17 bits per heavy atom. The van der Waals surface area contributed by atoms with Crippen LogP contribution in [-0.4, -0.2) is 44.3 Å². The van der Waals surface area contributed by atoms with E-state index in [-0.39, 0.29) is 11.3 Å². The second-order valence-corrected chi connectivity index (χ2v) is 8.86. The van der Waals surface area contributed by atoms with Crippen molar-refractivity contribution >= 4 is 27.6 Å².